The van der Waals surface area contributed by atoms with Gasteiger partial charge >= 0.3 is 0 Å². The van der Waals surface area contributed by atoms with Crippen LogP contribution in [0.5, 0.6) is 0 Å². The highest BCUT2D eigenvalue weighted by Gasteiger charge is 2.31. The fourth-order valence-corrected chi connectivity index (χ4v) is 2.26. The van der Waals surface area contributed by atoms with E-state index in [2.05, 4.69) is 19.2 Å². The summed E-state index contributed by atoms with van der Waals surface area (Å²) in [5, 5.41) is 3.08. The van der Waals surface area contributed by atoms with Crippen LogP contribution in [0.4, 0.5) is 14.5 Å². The van der Waals surface area contributed by atoms with Gasteiger partial charge in [-0.3, -0.25) is 0 Å². The molecular weight excluding hydrogens is 232 g/mol. The fourth-order valence-electron chi connectivity index (χ4n) is 2.26. The minimum absolute atomic E-state index is 0.0400. The van der Waals surface area contributed by atoms with E-state index in [1.807, 2.05) is 0 Å². The van der Waals surface area contributed by atoms with Gasteiger partial charge in [0.15, 0.2) is 0 Å². The summed E-state index contributed by atoms with van der Waals surface area (Å²) in [6.45, 7) is 4.35. The first-order valence-electron chi connectivity index (χ1n) is 6.78. The van der Waals surface area contributed by atoms with Gasteiger partial charge in [0, 0.05) is 6.04 Å². The van der Waals surface area contributed by atoms with Crippen molar-refractivity contribution < 1.29 is 8.78 Å². The molecule has 0 saturated heterocycles. The highest BCUT2D eigenvalue weighted by molar-refractivity contribution is 5.47. The van der Waals surface area contributed by atoms with Crippen molar-refractivity contribution in [3.8, 4) is 0 Å². The molecule has 0 amide bonds. The van der Waals surface area contributed by atoms with Crippen LogP contribution in [0.2, 0.25) is 0 Å². The van der Waals surface area contributed by atoms with Crippen molar-refractivity contribution >= 4 is 5.69 Å². The second kappa shape index (κ2) is 5.68. The Morgan fingerprint density at radius 1 is 1.17 bits per heavy atom. The summed E-state index contributed by atoms with van der Waals surface area (Å²) >= 11 is 0. The lowest BCUT2D eigenvalue weighted by molar-refractivity contribution is 0.481. The minimum Gasteiger partial charge on any atom is -0.377 e. The minimum atomic E-state index is -0.495. The van der Waals surface area contributed by atoms with Crippen LogP contribution >= 0.6 is 0 Å². The number of anilines is 1. The van der Waals surface area contributed by atoms with Crippen LogP contribution in [0.3, 0.4) is 0 Å². The third-order valence-electron chi connectivity index (χ3n) is 3.54. The molecule has 100 valence electrons. The number of hydrogen-bond acceptors (Lipinski definition) is 1. The topological polar surface area (TPSA) is 12.0 Å². The van der Waals surface area contributed by atoms with Gasteiger partial charge in [-0.2, -0.15) is 0 Å². The molecule has 1 fully saturated rings. The molecule has 0 heterocycles. The van der Waals surface area contributed by atoms with Gasteiger partial charge in [0.1, 0.15) is 17.3 Å². The molecule has 1 aromatic carbocycles. The molecule has 1 aliphatic carbocycles. The quantitative estimate of drug-likeness (QED) is 0.781. The highest BCUT2D eigenvalue weighted by Crippen LogP contribution is 2.37. The lowest BCUT2D eigenvalue weighted by Crippen LogP contribution is -2.23. The summed E-state index contributed by atoms with van der Waals surface area (Å²) in [5.41, 5.74) is 0.0400. The second-order valence-corrected chi connectivity index (χ2v) is 5.66. The largest absolute Gasteiger partial charge is 0.377 e. The highest BCUT2D eigenvalue weighted by atomic mass is 19.1. The van der Waals surface area contributed by atoms with Crippen LogP contribution in [-0.4, -0.2) is 6.04 Å². The molecule has 1 atom stereocenters. The van der Waals surface area contributed by atoms with E-state index in [1.165, 1.54) is 31.0 Å². The van der Waals surface area contributed by atoms with E-state index < -0.39 is 11.6 Å². The molecule has 18 heavy (non-hydrogen) atoms. The van der Waals surface area contributed by atoms with E-state index in [0.717, 1.165) is 12.8 Å². The van der Waals surface area contributed by atoms with Crippen molar-refractivity contribution in [2.75, 3.05) is 5.32 Å². The van der Waals surface area contributed by atoms with E-state index in [1.54, 1.807) is 0 Å². The van der Waals surface area contributed by atoms with Gasteiger partial charge in [0.05, 0.1) is 0 Å². The predicted molar refractivity (Wildman–Crippen MR) is 70.6 cm³/mol. The zero-order valence-corrected chi connectivity index (χ0v) is 11.0. The van der Waals surface area contributed by atoms with E-state index in [9.17, 15) is 8.78 Å². The van der Waals surface area contributed by atoms with Gasteiger partial charge in [-0.25, -0.2) is 8.78 Å². The molecule has 1 saturated carbocycles. The number of nitrogens with one attached hydrogen (secondary N) is 1. The molecule has 1 aliphatic rings. The zero-order chi connectivity index (χ0) is 13.1. The summed E-state index contributed by atoms with van der Waals surface area (Å²) in [6, 6.07) is 4.21. The Labute approximate surface area is 108 Å². The summed E-state index contributed by atoms with van der Waals surface area (Å²) in [6.07, 6.45) is 4.41. The average Bonchev–Trinajstić information content (AvgIpc) is 3.11. The molecule has 1 aromatic rings. The standard InChI is InChI=1S/C15H21F2N/c1-10(2)6-9-14(11-7-8-11)18-15-12(16)4-3-5-13(15)17/h3-5,10-11,14,18H,6-9H2,1-2H3. The monoisotopic (exact) mass is 253 g/mol. The van der Waals surface area contributed by atoms with Crippen molar-refractivity contribution in [3.05, 3.63) is 29.8 Å². The van der Waals surface area contributed by atoms with Gasteiger partial charge in [-0.05, 0) is 49.7 Å². The molecule has 1 unspecified atom stereocenters. The van der Waals surface area contributed by atoms with Crippen LogP contribution in [0.15, 0.2) is 18.2 Å². The number of hydrogen-bond donors (Lipinski definition) is 1. The van der Waals surface area contributed by atoms with Crippen molar-refractivity contribution in [2.24, 2.45) is 11.8 Å². The first-order valence-corrected chi connectivity index (χ1v) is 6.78. The second-order valence-electron chi connectivity index (χ2n) is 5.66. The SMILES string of the molecule is CC(C)CCC(Nc1c(F)cccc1F)C1CC1. The molecule has 0 aliphatic heterocycles. The Kier molecular flexibility index (Phi) is 4.20. The maximum Gasteiger partial charge on any atom is 0.149 e. The van der Waals surface area contributed by atoms with Crippen molar-refractivity contribution in [2.45, 2.75) is 45.6 Å². The van der Waals surface area contributed by atoms with E-state index in [4.69, 9.17) is 0 Å². The van der Waals surface area contributed by atoms with Crippen LogP contribution in [0, 0.1) is 23.5 Å². The first kappa shape index (κ1) is 13.3. The van der Waals surface area contributed by atoms with Crippen molar-refractivity contribution in [1.29, 1.82) is 0 Å². The van der Waals surface area contributed by atoms with Gasteiger partial charge in [-0.1, -0.05) is 19.9 Å². The number of para-hydroxylation sites is 1. The third-order valence-corrected chi connectivity index (χ3v) is 3.54. The molecule has 1 N–H and O–H groups in total. The zero-order valence-electron chi connectivity index (χ0n) is 11.0. The Morgan fingerprint density at radius 2 is 1.78 bits per heavy atom. The molecular formula is C15H21F2N. The van der Waals surface area contributed by atoms with Gasteiger partial charge in [-0.15, -0.1) is 0 Å². The van der Waals surface area contributed by atoms with Crippen LogP contribution in [0.25, 0.3) is 0 Å². The maximum absolute atomic E-state index is 13.6. The van der Waals surface area contributed by atoms with Gasteiger partial charge in [0.25, 0.3) is 0 Å². The molecule has 1 nitrogen and oxygen atoms in total. The van der Waals surface area contributed by atoms with E-state index in [-0.39, 0.29) is 11.7 Å². The van der Waals surface area contributed by atoms with Crippen LogP contribution in [-0.2, 0) is 0 Å². The normalized spacial score (nSPS) is 16.9. The third kappa shape index (κ3) is 3.44. The smallest absolute Gasteiger partial charge is 0.149 e. The summed E-state index contributed by atoms with van der Waals surface area (Å²) in [5.74, 6) is 0.219. The number of rotatable bonds is 6. The Morgan fingerprint density at radius 3 is 2.28 bits per heavy atom. The van der Waals surface area contributed by atoms with Crippen molar-refractivity contribution in [1.82, 2.24) is 0 Å². The van der Waals surface area contributed by atoms with Gasteiger partial charge < -0.3 is 5.32 Å². The predicted octanol–water partition coefficient (Wildman–Crippen LogP) is 4.59. The molecule has 0 spiro atoms. The Bertz CT molecular complexity index is 379. The van der Waals surface area contributed by atoms with Crippen LogP contribution < -0.4 is 5.32 Å². The first-order chi connectivity index (χ1) is 8.58. The van der Waals surface area contributed by atoms with E-state index >= 15 is 0 Å². The number of halogens is 2. The average molecular weight is 253 g/mol. The summed E-state index contributed by atoms with van der Waals surface area (Å²) < 4.78 is 27.2. The van der Waals surface area contributed by atoms with Crippen molar-refractivity contribution in [3.63, 3.8) is 0 Å². The molecule has 2 rings (SSSR count). The maximum atomic E-state index is 13.6. The van der Waals surface area contributed by atoms with E-state index in [0.29, 0.717) is 11.8 Å². The fraction of sp³-hybridized carbons (Fsp3) is 0.600. The molecule has 3 heteroatoms. The number of benzene rings is 1. The molecule has 0 bridgehead atoms. The lowest BCUT2D eigenvalue weighted by atomic mass is 10.00. The summed E-state index contributed by atoms with van der Waals surface area (Å²) in [7, 11) is 0. The Hall–Kier alpha value is -1.12. The van der Waals surface area contributed by atoms with Crippen LogP contribution in [0.1, 0.15) is 39.5 Å². The molecule has 0 radical (unpaired) electrons. The lowest BCUT2D eigenvalue weighted by Gasteiger charge is -2.21. The summed E-state index contributed by atoms with van der Waals surface area (Å²) in [4.78, 5) is 0. The van der Waals surface area contributed by atoms with Gasteiger partial charge in [0.2, 0.25) is 0 Å². The molecule has 0 aromatic heterocycles. The Balaban J connectivity index is 2.04.